The fraction of sp³-hybridized carbons (Fsp3) is 0.269. The van der Waals surface area contributed by atoms with Crippen LogP contribution in [0.25, 0.3) is 0 Å². The maximum absolute atomic E-state index is 11.5. The second-order valence-corrected chi connectivity index (χ2v) is 9.42. The van der Waals surface area contributed by atoms with Gasteiger partial charge in [0.1, 0.15) is 17.8 Å². The van der Waals surface area contributed by atoms with Crippen molar-refractivity contribution in [2.45, 2.75) is 27.7 Å². The first-order valence-electron chi connectivity index (χ1n) is 11.2. The van der Waals surface area contributed by atoms with Gasteiger partial charge in [-0.1, -0.05) is 17.8 Å². The minimum Gasteiger partial charge on any atom is -0.497 e. The van der Waals surface area contributed by atoms with Gasteiger partial charge in [0, 0.05) is 0 Å². The number of aliphatic imine (C=N–C) groups is 2. The maximum Gasteiger partial charge on any atom is 0.263 e. The van der Waals surface area contributed by atoms with Crippen molar-refractivity contribution in [3.63, 3.8) is 0 Å². The van der Waals surface area contributed by atoms with E-state index in [-0.39, 0.29) is 11.8 Å². The lowest BCUT2D eigenvalue weighted by Gasteiger charge is -2.04. The predicted molar refractivity (Wildman–Crippen MR) is 151 cm³/mol. The van der Waals surface area contributed by atoms with Gasteiger partial charge in [0.05, 0.1) is 36.3 Å². The summed E-state index contributed by atoms with van der Waals surface area (Å²) in [5, 5.41) is 6.71. The van der Waals surface area contributed by atoms with Crippen LogP contribution in [-0.4, -0.2) is 48.4 Å². The molecule has 2 amide bonds. The van der Waals surface area contributed by atoms with Crippen LogP contribution in [0.4, 0.5) is 11.4 Å². The number of nitrogens with one attached hydrogen (secondary N) is 2. The number of methoxy groups -OCH3 is 2. The summed E-state index contributed by atoms with van der Waals surface area (Å²) in [7, 11) is 3.26. The van der Waals surface area contributed by atoms with Crippen molar-refractivity contribution < 1.29 is 23.9 Å². The van der Waals surface area contributed by atoms with Gasteiger partial charge in [0.25, 0.3) is 5.91 Å². The van der Waals surface area contributed by atoms with Crippen molar-refractivity contribution in [2.75, 3.05) is 20.0 Å². The molecule has 0 bridgehead atoms. The van der Waals surface area contributed by atoms with Gasteiger partial charge in [-0.15, -0.1) is 0 Å². The second kappa shape index (κ2) is 14.9. The molecule has 2 aliphatic heterocycles. The Hall–Kier alpha value is -3.57. The number of ether oxygens (including phenoxy) is 2. The average molecular weight is 543 g/mol. The summed E-state index contributed by atoms with van der Waals surface area (Å²) in [6.45, 7) is 7.20. The Bertz CT molecular complexity index is 1240. The standard InChI is InChI=1S/C13H14N2O2S.C11H12N2O2S.C2H4O/c1-4-11-12(16)15-13(18-11)14-10-6-5-9(17-3)7-8(10)2;1-7-5-8(15-2)3-4-9(7)12-11-13-10(14)6-16-11;1-2-3/h4-7H,1-3H3,(H,14,15,16);3-5H,6H2,1-2H3,(H,12,13,14);2H,1H3/b11-4-;;. The summed E-state index contributed by atoms with van der Waals surface area (Å²) >= 11 is 2.77. The highest BCUT2D eigenvalue weighted by molar-refractivity contribution is 8.18. The average Bonchev–Trinajstić information content (AvgIpc) is 3.46. The van der Waals surface area contributed by atoms with Crippen LogP contribution < -0.4 is 20.1 Å². The van der Waals surface area contributed by atoms with Crippen molar-refractivity contribution in [1.82, 2.24) is 10.6 Å². The maximum atomic E-state index is 11.5. The number of hydrogen-bond acceptors (Lipinski definition) is 9. The zero-order valence-corrected chi connectivity index (χ0v) is 23.2. The van der Waals surface area contributed by atoms with E-state index >= 15 is 0 Å². The Morgan fingerprint density at radius 3 is 1.76 bits per heavy atom. The van der Waals surface area contributed by atoms with Gasteiger partial charge in [0.2, 0.25) is 5.91 Å². The topological polar surface area (TPSA) is 118 Å². The van der Waals surface area contributed by atoms with E-state index in [0.29, 0.717) is 21.0 Å². The molecule has 0 aliphatic carbocycles. The van der Waals surface area contributed by atoms with Crippen LogP contribution in [-0.2, 0) is 14.4 Å². The Morgan fingerprint density at radius 2 is 1.38 bits per heavy atom. The van der Waals surface area contributed by atoms with Gasteiger partial charge in [-0.3, -0.25) is 9.59 Å². The van der Waals surface area contributed by atoms with Gasteiger partial charge >= 0.3 is 0 Å². The number of allylic oxidation sites excluding steroid dienone is 1. The molecule has 2 fully saturated rings. The lowest BCUT2D eigenvalue weighted by atomic mass is 10.2. The van der Waals surface area contributed by atoms with E-state index in [4.69, 9.17) is 14.3 Å². The summed E-state index contributed by atoms with van der Waals surface area (Å²) in [4.78, 5) is 40.8. The quantitative estimate of drug-likeness (QED) is 0.420. The summed E-state index contributed by atoms with van der Waals surface area (Å²) in [6, 6.07) is 11.3. The molecule has 2 aliphatic rings. The van der Waals surface area contributed by atoms with E-state index in [2.05, 4.69) is 20.6 Å². The lowest BCUT2D eigenvalue weighted by Crippen LogP contribution is -2.19. The van der Waals surface area contributed by atoms with Crippen molar-refractivity contribution in [1.29, 1.82) is 0 Å². The zero-order valence-electron chi connectivity index (χ0n) is 21.6. The molecular formula is C26H30N4O5S2. The largest absolute Gasteiger partial charge is 0.497 e. The molecule has 0 radical (unpaired) electrons. The molecule has 2 saturated heterocycles. The summed E-state index contributed by atoms with van der Waals surface area (Å²) < 4.78 is 10.3. The highest BCUT2D eigenvalue weighted by Gasteiger charge is 2.22. The molecule has 11 heteroatoms. The summed E-state index contributed by atoms with van der Waals surface area (Å²) in [6.07, 6.45) is 2.53. The molecular weight excluding hydrogens is 512 g/mol. The van der Waals surface area contributed by atoms with Gasteiger partial charge in [-0.05, 0) is 87.0 Å². The minimum absolute atomic E-state index is 0.00918. The Kier molecular flexibility index (Phi) is 11.9. The van der Waals surface area contributed by atoms with Crippen molar-refractivity contribution >= 4 is 63.3 Å². The number of benzene rings is 2. The van der Waals surface area contributed by atoms with Crippen LogP contribution in [0.15, 0.2) is 57.4 Å². The SMILES string of the molecule is C/C=C1\SC(=Nc2ccc(OC)cc2C)NC1=O.CC=O.COc1ccc(N=C2NC(=O)CS2)c(C)c1. The molecule has 9 nitrogen and oxygen atoms in total. The molecule has 37 heavy (non-hydrogen) atoms. The molecule has 0 unspecified atom stereocenters. The van der Waals surface area contributed by atoms with Crippen LogP contribution in [0.3, 0.4) is 0 Å². The fourth-order valence-corrected chi connectivity index (χ4v) is 4.39. The second-order valence-electron chi connectivity index (χ2n) is 7.42. The number of hydrogen-bond donors (Lipinski definition) is 2. The van der Waals surface area contributed by atoms with Crippen molar-refractivity contribution in [3.8, 4) is 11.5 Å². The molecule has 0 atom stereocenters. The number of rotatable bonds is 4. The van der Waals surface area contributed by atoms with E-state index in [1.807, 2.05) is 57.2 Å². The van der Waals surface area contributed by atoms with E-state index in [0.717, 1.165) is 40.3 Å². The van der Waals surface area contributed by atoms with Crippen LogP contribution in [0, 0.1) is 13.8 Å². The van der Waals surface area contributed by atoms with Crippen molar-refractivity contribution in [3.05, 3.63) is 58.5 Å². The number of carbonyl (C=O) groups excluding carboxylic acids is 3. The molecule has 2 aromatic rings. The highest BCUT2D eigenvalue weighted by atomic mass is 32.2. The van der Waals surface area contributed by atoms with Gasteiger partial charge < -0.3 is 24.9 Å². The first-order chi connectivity index (χ1) is 17.7. The number of thioether (sulfide) groups is 2. The Morgan fingerprint density at radius 1 is 0.865 bits per heavy atom. The predicted octanol–water partition coefficient (Wildman–Crippen LogP) is 4.82. The fourth-order valence-electron chi connectivity index (χ4n) is 2.94. The van der Waals surface area contributed by atoms with Crippen LogP contribution in [0.2, 0.25) is 0 Å². The molecule has 196 valence electrons. The van der Waals surface area contributed by atoms with Gasteiger partial charge in [0.15, 0.2) is 10.3 Å². The first-order valence-corrected chi connectivity index (χ1v) is 13.0. The van der Waals surface area contributed by atoms with Crippen LogP contribution in [0.5, 0.6) is 11.5 Å². The molecule has 0 aromatic heterocycles. The number of carbonyl (C=O) groups is 3. The Balaban J connectivity index is 0.000000237. The third-order valence-electron chi connectivity index (χ3n) is 4.75. The minimum atomic E-state index is -0.0904. The van der Waals surface area contributed by atoms with E-state index in [1.54, 1.807) is 20.3 Å². The zero-order chi connectivity index (χ0) is 27.4. The number of amidine groups is 2. The smallest absolute Gasteiger partial charge is 0.263 e. The molecule has 2 N–H and O–H groups in total. The number of nitrogens with zero attached hydrogens (tertiary/aromatic N) is 2. The van der Waals surface area contributed by atoms with E-state index in [9.17, 15) is 9.59 Å². The van der Waals surface area contributed by atoms with Crippen molar-refractivity contribution in [2.24, 2.45) is 9.98 Å². The monoisotopic (exact) mass is 542 g/mol. The number of amides is 2. The summed E-state index contributed by atoms with van der Waals surface area (Å²) in [5.41, 5.74) is 3.71. The molecule has 2 aromatic carbocycles. The van der Waals surface area contributed by atoms with Crippen LogP contribution in [0.1, 0.15) is 25.0 Å². The molecule has 4 rings (SSSR count). The third kappa shape index (κ3) is 9.10. The third-order valence-corrected chi connectivity index (χ3v) is 6.65. The first kappa shape index (κ1) is 29.7. The van der Waals surface area contributed by atoms with E-state index < -0.39 is 0 Å². The number of aryl methyl sites for hydroxylation is 2. The van der Waals surface area contributed by atoms with Gasteiger partial charge in [-0.2, -0.15) is 0 Å². The van der Waals surface area contributed by atoms with E-state index in [1.165, 1.54) is 30.4 Å². The van der Waals surface area contributed by atoms with Gasteiger partial charge in [-0.25, -0.2) is 9.98 Å². The molecule has 0 saturated carbocycles. The van der Waals surface area contributed by atoms with Crippen LogP contribution >= 0.6 is 23.5 Å². The summed E-state index contributed by atoms with van der Waals surface area (Å²) in [5.74, 6) is 1.98. The Labute approximate surface area is 225 Å². The molecule has 2 heterocycles. The lowest BCUT2D eigenvalue weighted by molar-refractivity contribution is -0.117. The number of aldehydes is 1. The normalized spacial score (nSPS) is 17.4. The highest BCUT2D eigenvalue weighted by Crippen LogP contribution is 2.29. The molecule has 0 spiro atoms.